The number of piperidine rings is 1. The minimum atomic E-state index is 0.538. The van der Waals surface area contributed by atoms with E-state index in [-0.39, 0.29) is 0 Å². The van der Waals surface area contributed by atoms with Crippen molar-refractivity contribution in [3.8, 4) is 0 Å². The summed E-state index contributed by atoms with van der Waals surface area (Å²) in [7, 11) is 0. The van der Waals surface area contributed by atoms with Crippen LogP contribution in [0.1, 0.15) is 58.3 Å². The zero-order chi connectivity index (χ0) is 11.0. The molecule has 16 heavy (non-hydrogen) atoms. The van der Waals surface area contributed by atoms with Gasteiger partial charge in [-0.15, -0.1) is 0 Å². The second-order valence-corrected chi connectivity index (χ2v) is 6.29. The molecule has 1 saturated carbocycles. The van der Waals surface area contributed by atoms with Crippen LogP contribution in [0.3, 0.4) is 0 Å². The van der Waals surface area contributed by atoms with E-state index in [9.17, 15) is 0 Å². The molecule has 0 radical (unpaired) electrons. The van der Waals surface area contributed by atoms with Gasteiger partial charge in [0.2, 0.25) is 0 Å². The third kappa shape index (κ3) is 1.91. The molecule has 2 nitrogen and oxygen atoms in total. The maximum absolute atomic E-state index is 3.86. The Bertz CT molecular complexity index is 240. The van der Waals surface area contributed by atoms with Crippen LogP contribution in [0.4, 0.5) is 0 Å². The largest absolute Gasteiger partial charge is 0.311 e. The Kier molecular flexibility index (Phi) is 2.97. The third-order valence-corrected chi connectivity index (χ3v) is 5.25. The van der Waals surface area contributed by atoms with Crippen LogP contribution in [-0.4, -0.2) is 35.6 Å². The van der Waals surface area contributed by atoms with Gasteiger partial charge in [0.25, 0.3) is 0 Å². The molecule has 2 saturated heterocycles. The van der Waals surface area contributed by atoms with Crippen molar-refractivity contribution in [1.29, 1.82) is 0 Å². The zero-order valence-corrected chi connectivity index (χ0v) is 10.7. The minimum absolute atomic E-state index is 0.538. The molecule has 1 spiro atoms. The third-order valence-electron chi connectivity index (χ3n) is 5.25. The first kappa shape index (κ1) is 11.0. The van der Waals surface area contributed by atoms with Crippen LogP contribution in [0.2, 0.25) is 0 Å². The molecule has 2 heteroatoms. The topological polar surface area (TPSA) is 15.3 Å². The van der Waals surface area contributed by atoms with Gasteiger partial charge in [0.05, 0.1) is 0 Å². The van der Waals surface area contributed by atoms with Gasteiger partial charge in [-0.05, 0) is 45.6 Å². The summed E-state index contributed by atoms with van der Waals surface area (Å²) in [5, 5.41) is 3.86. The van der Waals surface area contributed by atoms with Crippen molar-refractivity contribution in [2.24, 2.45) is 0 Å². The molecule has 0 aromatic carbocycles. The van der Waals surface area contributed by atoms with Gasteiger partial charge in [-0.2, -0.15) is 0 Å². The summed E-state index contributed by atoms with van der Waals surface area (Å²) < 4.78 is 0. The van der Waals surface area contributed by atoms with Crippen LogP contribution in [0.5, 0.6) is 0 Å². The predicted molar refractivity (Wildman–Crippen MR) is 67.6 cm³/mol. The van der Waals surface area contributed by atoms with Crippen molar-refractivity contribution in [3.05, 3.63) is 0 Å². The highest BCUT2D eigenvalue weighted by molar-refractivity contribution is 5.00. The molecule has 3 fully saturated rings. The smallest absolute Gasteiger partial charge is 0.0196 e. The Labute approximate surface area is 99.8 Å². The average molecular weight is 222 g/mol. The monoisotopic (exact) mass is 222 g/mol. The molecule has 2 heterocycles. The molecular weight excluding hydrogens is 196 g/mol. The Morgan fingerprint density at radius 3 is 2.56 bits per heavy atom. The van der Waals surface area contributed by atoms with Crippen molar-refractivity contribution in [3.63, 3.8) is 0 Å². The molecule has 0 bridgehead atoms. The van der Waals surface area contributed by atoms with E-state index in [0.29, 0.717) is 5.54 Å². The lowest BCUT2D eigenvalue weighted by molar-refractivity contribution is 0.00595. The number of likely N-dealkylation sites (tertiary alicyclic amines) is 1. The van der Waals surface area contributed by atoms with E-state index in [0.717, 1.165) is 12.1 Å². The van der Waals surface area contributed by atoms with Gasteiger partial charge in [-0.1, -0.05) is 19.3 Å². The summed E-state index contributed by atoms with van der Waals surface area (Å²) >= 11 is 0. The Morgan fingerprint density at radius 1 is 1.12 bits per heavy atom. The fraction of sp³-hybridized carbons (Fsp3) is 1.00. The van der Waals surface area contributed by atoms with Gasteiger partial charge in [0.1, 0.15) is 0 Å². The van der Waals surface area contributed by atoms with Crippen LogP contribution in [-0.2, 0) is 0 Å². The molecule has 2 unspecified atom stereocenters. The highest BCUT2D eigenvalue weighted by Gasteiger charge is 2.41. The summed E-state index contributed by atoms with van der Waals surface area (Å²) in [6.45, 7) is 5.02. The van der Waals surface area contributed by atoms with Crippen LogP contribution < -0.4 is 5.32 Å². The molecule has 92 valence electrons. The number of nitrogens with one attached hydrogen (secondary N) is 1. The molecule has 1 aliphatic carbocycles. The van der Waals surface area contributed by atoms with Crippen LogP contribution in [0, 0.1) is 0 Å². The van der Waals surface area contributed by atoms with Gasteiger partial charge in [0, 0.05) is 24.2 Å². The van der Waals surface area contributed by atoms with E-state index < -0.39 is 0 Å². The first-order chi connectivity index (χ1) is 7.79. The lowest BCUT2D eigenvalue weighted by atomic mass is 9.74. The maximum Gasteiger partial charge on any atom is 0.0196 e. The van der Waals surface area contributed by atoms with Gasteiger partial charge >= 0.3 is 0 Å². The van der Waals surface area contributed by atoms with Crippen LogP contribution >= 0.6 is 0 Å². The summed E-state index contributed by atoms with van der Waals surface area (Å²) in [5.74, 6) is 0. The predicted octanol–water partition coefficient (Wildman–Crippen LogP) is 2.54. The fourth-order valence-corrected chi connectivity index (χ4v) is 4.10. The molecule has 1 N–H and O–H groups in total. The van der Waals surface area contributed by atoms with Crippen molar-refractivity contribution < 1.29 is 0 Å². The quantitative estimate of drug-likeness (QED) is 0.733. The summed E-state index contributed by atoms with van der Waals surface area (Å²) in [6, 6.07) is 1.76. The number of hydrogen-bond donors (Lipinski definition) is 1. The molecule has 3 aliphatic rings. The fourth-order valence-electron chi connectivity index (χ4n) is 4.10. The Hall–Kier alpha value is -0.0800. The Morgan fingerprint density at radius 2 is 1.94 bits per heavy atom. The van der Waals surface area contributed by atoms with Crippen molar-refractivity contribution in [2.45, 2.75) is 75.9 Å². The van der Waals surface area contributed by atoms with Crippen molar-refractivity contribution in [1.82, 2.24) is 10.2 Å². The van der Waals surface area contributed by atoms with Crippen molar-refractivity contribution in [2.75, 3.05) is 13.1 Å². The van der Waals surface area contributed by atoms with Crippen molar-refractivity contribution >= 4 is 0 Å². The molecule has 0 aromatic heterocycles. The molecular formula is C14H26N2. The standard InChI is InChI=1S/C14H26N2/c1-12-6-10-16(12)13-5-9-15-14(11-13)7-3-2-4-8-14/h12-13,15H,2-11H2,1H3. The molecule has 3 rings (SSSR count). The van der Waals surface area contributed by atoms with Crippen LogP contribution in [0.15, 0.2) is 0 Å². The highest BCUT2D eigenvalue weighted by Crippen LogP contribution is 2.38. The zero-order valence-electron chi connectivity index (χ0n) is 10.7. The van der Waals surface area contributed by atoms with E-state index in [1.807, 2.05) is 0 Å². The van der Waals surface area contributed by atoms with Gasteiger partial charge < -0.3 is 5.32 Å². The summed E-state index contributed by atoms with van der Waals surface area (Å²) in [6.07, 6.45) is 11.5. The average Bonchev–Trinajstić information content (AvgIpc) is 2.28. The van der Waals surface area contributed by atoms with Crippen LogP contribution in [0.25, 0.3) is 0 Å². The highest BCUT2D eigenvalue weighted by atomic mass is 15.2. The minimum Gasteiger partial charge on any atom is -0.311 e. The maximum atomic E-state index is 3.86. The van der Waals surface area contributed by atoms with E-state index in [4.69, 9.17) is 0 Å². The second kappa shape index (κ2) is 4.30. The normalized spacial score (nSPS) is 39.6. The number of nitrogens with zero attached hydrogens (tertiary/aromatic N) is 1. The first-order valence-electron chi connectivity index (χ1n) is 7.30. The van der Waals surface area contributed by atoms with Gasteiger partial charge in [-0.25, -0.2) is 0 Å². The second-order valence-electron chi connectivity index (χ2n) is 6.29. The van der Waals surface area contributed by atoms with E-state index >= 15 is 0 Å². The lowest BCUT2D eigenvalue weighted by Gasteiger charge is -2.52. The Balaban J connectivity index is 1.64. The van der Waals surface area contributed by atoms with E-state index in [1.54, 1.807) is 0 Å². The molecule has 2 aliphatic heterocycles. The number of hydrogen-bond acceptors (Lipinski definition) is 2. The molecule has 0 aromatic rings. The van der Waals surface area contributed by atoms with Gasteiger partial charge in [-0.3, -0.25) is 4.90 Å². The molecule has 2 atom stereocenters. The first-order valence-corrected chi connectivity index (χ1v) is 7.30. The van der Waals surface area contributed by atoms with E-state index in [1.165, 1.54) is 64.5 Å². The SMILES string of the molecule is CC1CCN1C1CCNC2(CCCCC2)C1. The molecule has 0 amide bonds. The van der Waals surface area contributed by atoms with Gasteiger partial charge in [0.15, 0.2) is 0 Å². The van der Waals surface area contributed by atoms with E-state index in [2.05, 4.69) is 17.1 Å². The number of rotatable bonds is 1. The summed E-state index contributed by atoms with van der Waals surface area (Å²) in [5.41, 5.74) is 0.538. The lowest BCUT2D eigenvalue weighted by Crippen LogP contribution is -2.61. The summed E-state index contributed by atoms with van der Waals surface area (Å²) in [4.78, 5) is 2.76.